The molecule has 1 aliphatic rings. The van der Waals surface area contributed by atoms with Gasteiger partial charge in [-0.05, 0) is 30.2 Å². The third kappa shape index (κ3) is 3.19. The molecule has 3 rings (SSSR count). The molecule has 0 aliphatic carbocycles. The minimum absolute atomic E-state index is 0.0688. The standard InChI is InChI=1S/C18H12N2O5/c1-11-7-14(24-6-5-19)10-15-17(11)18(21)16(25-15)9-12-3-2-4-13(8-12)20(22)23/h2-4,7-10H,6H2,1H3/b16-9-. The van der Waals surface area contributed by atoms with E-state index >= 15 is 0 Å². The van der Waals surface area contributed by atoms with E-state index in [1.807, 2.05) is 6.07 Å². The van der Waals surface area contributed by atoms with E-state index in [1.165, 1.54) is 24.3 Å². The van der Waals surface area contributed by atoms with Crippen LogP contribution >= 0.6 is 0 Å². The van der Waals surface area contributed by atoms with Crippen molar-refractivity contribution >= 4 is 17.5 Å². The van der Waals surface area contributed by atoms with E-state index in [0.717, 1.165) is 0 Å². The van der Waals surface area contributed by atoms with E-state index in [-0.39, 0.29) is 23.8 Å². The van der Waals surface area contributed by atoms with Crippen LogP contribution in [0.25, 0.3) is 6.08 Å². The van der Waals surface area contributed by atoms with Gasteiger partial charge >= 0.3 is 0 Å². The fraction of sp³-hybridized carbons (Fsp3) is 0.111. The zero-order valence-electron chi connectivity index (χ0n) is 13.2. The molecule has 0 saturated carbocycles. The van der Waals surface area contributed by atoms with Crippen LogP contribution in [0.2, 0.25) is 0 Å². The molecule has 0 fully saturated rings. The van der Waals surface area contributed by atoms with Crippen molar-refractivity contribution in [3.8, 4) is 17.6 Å². The number of hydrogen-bond donors (Lipinski definition) is 0. The van der Waals surface area contributed by atoms with Gasteiger partial charge in [-0.15, -0.1) is 0 Å². The lowest BCUT2D eigenvalue weighted by atomic mass is 10.0. The fourth-order valence-electron chi connectivity index (χ4n) is 2.56. The maximum Gasteiger partial charge on any atom is 0.270 e. The van der Waals surface area contributed by atoms with Crippen LogP contribution in [0.4, 0.5) is 5.69 Å². The molecule has 0 aromatic heterocycles. The van der Waals surface area contributed by atoms with E-state index in [9.17, 15) is 14.9 Å². The lowest BCUT2D eigenvalue weighted by molar-refractivity contribution is -0.384. The Morgan fingerprint density at radius 3 is 2.88 bits per heavy atom. The van der Waals surface area contributed by atoms with Crippen molar-refractivity contribution in [2.45, 2.75) is 6.92 Å². The number of nitro groups is 1. The first-order valence-corrected chi connectivity index (χ1v) is 7.32. The maximum atomic E-state index is 12.5. The second kappa shape index (κ2) is 6.45. The van der Waals surface area contributed by atoms with Crippen molar-refractivity contribution in [3.63, 3.8) is 0 Å². The van der Waals surface area contributed by atoms with Crippen LogP contribution in [0.15, 0.2) is 42.2 Å². The third-order valence-corrected chi connectivity index (χ3v) is 3.63. The Morgan fingerprint density at radius 2 is 2.16 bits per heavy atom. The van der Waals surface area contributed by atoms with Crippen LogP contribution < -0.4 is 9.47 Å². The van der Waals surface area contributed by atoms with Crippen molar-refractivity contribution in [3.05, 3.63) is 69.0 Å². The van der Waals surface area contributed by atoms with Gasteiger partial charge in [0.1, 0.15) is 17.6 Å². The van der Waals surface area contributed by atoms with E-state index in [0.29, 0.717) is 28.2 Å². The summed E-state index contributed by atoms with van der Waals surface area (Å²) in [6.07, 6.45) is 1.46. The van der Waals surface area contributed by atoms with Gasteiger partial charge in [-0.2, -0.15) is 5.26 Å². The minimum Gasteiger partial charge on any atom is -0.479 e. The summed E-state index contributed by atoms with van der Waals surface area (Å²) in [5, 5.41) is 19.4. The summed E-state index contributed by atoms with van der Waals surface area (Å²) >= 11 is 0. The number of non-ortho nitro benzene ring substituents is 1. The predicted octanol–water partition coefficient (Wildman–Crippen LogP) is 3.42. The summed E-state index contributed by atoms with van der Waals surface area (Å²) in [5.41, 5.74) is 1.50. The Bertz CT molecular complexity index is 956. The van der Waals surface area contributed by atoms with Crippen molar-refractivity contribution in [1.82, 2.24) is 0 Å². The monoisotopic (exact) mass is 336 g/mol. The summed E-state index contributed by atoms with van der Waals surface area (Å²) in [7, 11) is 0. The lowest BCUT2D eigenvalue weighted by Gasteiger charge is -2.06. The van der Waals surface area contributed by atoms with Gasteiger partial charge in [-0.1, -0.05) is 12.1 Å². The molecular weight excluding hydrogens is 324 g/mol. The van der Waals surface area contributed by atoms with Gasteiger partial charge in [0.15, 0.2) is 12.4 Å². The van der Waals surface area contributed by atoms with Gasteiger partial charge < -0.3 is 9.47 Å². The summed E-state index contributed by atoms with van der Waals surface area (Å²) in [6, 6.07) is 11.0. The number of rotatable bonds is 4. The predicted molar refractivity (Wildman–Crippen MR) is 88.3 cm³/mol. The average Bonchev–Trinajstić information content (AvgIpc) is 2.89. The number of benzene rings is 2. The van der Waals surface area contributed by atoms with Crippen LogP contribution in [0.1, 0.15) is 21.5 Å². The zero-order valence-corrected chi connectivity index (χ0v) is 13.2. The van der Waals surface area contributed by atoms with Gasteiger partial charge in [0.25, 0.3) is 5.69 Å². The molecule has 0 N–H and O–H groups in total. The Morgan fingerprint density at radius 1 is 1.36 bits per heavy atom. The van der Waals surface area contributed by atoms with Crippen molar-refractivity contribution in [2.75, 3.05) is 6.61 Å². The first-order chi connectivity index (χ1) is 12.0. The number of ketones is 1. The normalized spacial score (nSPS) is 13.9. The number of nitrogens with zero attached hydrogens (tertiary/aromatic N) is 2. The summed E-state index contributed by atoms with van der Waals surface area (Å²) in [4.78, 5) is 22.9. The first-order valence-electron chi connectivity index (χ1n) is 7.32. The minimum atomic E-state index is -0.503. The van der Waals surface area contributed by atoms with Crippen LogP contribution in [0, 0.1) is 28.4 Å². The number of carbonyl (C=O) groups excluding carboxylic acids is 1. The number of aryl methyl sites for hydroxylation is 1. The molecule has 1 heterocycles. The first kappa shape index (κ1) is 16.2. The second-order valence-electron chi connectivity index (χ2n) is 5.35. The molecule has 124 valence electrons. The van der Waals surface area contributed by atoms with Crippen LogP contribution in [0.5, 0.6) is 11.5 Å². The third-order valence-electron chi connectivity index (χ3n) is 3.63. The average molecular weight is 336 g/mol. The molecule has 0 amide bonds. The lowest BCUT2D eigenvalue weighted by Crippen LogP contribution is -2.00. The van der Waals surface area contributed by atoms with Gasteiger partial charge in [0.2, 0.25) is 5.78 Å². The molecule has 7 nitrogen and oxygen atoms in total. The molecule has 1 aliphatic heterocycles. The molecule has 2 aromatic rings. The Labute approximate surface area is 142 Å². The van der Waals surface area contributed by atoms with Gasteiger partial charge in [0.05, 0.1) is 10.5 Å². The number of hydrogen-bond acceptors (Lipinski definition) is 6. The highest BCUT2D eigenvalue weighted by molar-refractivity contribution is 6.15. The molecule has 0 atom stereocenters. The topological polar surface area (TPSA) is 102 Å². The van der Waals surface area contributed by atoms with Gasteiger partial charge in [-0.3, -0.25) is 14.9 Å². The van der Waals surface area contributed by atoms with Crippen LogP contribution in [0.3, 0.4) is 0 Å². The molecule has 0 saturated heterocycles. The van der Waals surface area contributed by atoms with E-state index in [1.54, 1.807) is 25.1 Å². The van der Waals surface area contributed by atoms with Crippen LogP contribution in [-0.4, -0.2) is 17.3 Å². The highest BCUT2D eigenvalue weighted by Gasteiger charge is 2.30. The number of fused-ring (bicyclic) bond motifs is 1. The largest absolute Gasteiger partial charge is 0.479 e. The molecule has 0 unspecified atom stereocenters. The molecular formula is C18H12N2O5. The van der Waals surface area contributed by atoms with E-state index < -0.39 is 4.92 Å². The smallest absolute Gasteiger partial charge is 0.270 e. The Kier molecular flexibility index (Phi) is 4.18. The highest BCUT2D eigenvalue weighted by atomic mass is 16.6. The quantitative estimate of drug-likeness (QED) is 0.481. The van der Waals surface area contributed by atoms with Gasteiger partial charge in [0, 0.05) is 18.2 Å². The molecule has 0 spiro atoms. The van der Waals surface area contributed by atoms with Crippen molar-refractivity contribution < 1.29 is 19.2 Å². The number of Topliss-reactive ketones (excluding diaryl/α,β-unsaturated/α-hetero) is 1. The molecule has 0 bridgehead atoms. The summed E-state index contributed by atoms with van der Waals surface area (Å²) in [6.45, 7) is 1.64. The highest BCUT2D eigenvalue weighted by Crippen LogP contribution is 2.37. The number of nitro benzene ring substituents is 1. The second-order valence-corrected chi connectivity index (χ2v) is 5.35. The number of carbonyl (C=O) groups is 1. The maximum absolute atomic E-state index is 12.5. The summed E-state index contributed by atoms with van der Waals surface area (Å²) in [5.74, 6) is 0.554. The molecule has 2 aromatic carbocycles. The van der Waals surface area contributed by atoms with E-state index in [4.69, 9.17) is 14.7 Å². The Balaban J connectivity index is 1.95. The Hall–Kier alpha value is -3.66. The molecule has 7 heteroatoms. The molecule has 0 radical (unpaired) electrons. The zero-order chi connectivity index (χ0) is 18.0. The van der Waals surface area contributed by atoms with Crippen LogP contribution in [-0.2, 0) is 0 Å². The SMILES string of the molecule is Cc1cc(OCC#N)cc2c1C(=O)/C(=C/c1cccc([N+](=O)[O-])c1)O2. The number of nitriles is 1. The van der Waals surface area contributed by atoms with Crippen molar-refractivity contribution in [1.29, 1.82) is 5.26 Å². The van der Waals surface area contributed by atoms with E-state index in [2.05, 4.69) is 0 Å². The molecule has 25 heavy (non-hydrogen) atoms. The van der Waals surface area contributed by atoms with Gasteiger partial charge in [-0.25, -0.2) is 0 Å². The fourth-order valence-corrected chi connectivity index (χ4v) is 2.56. The number of ether oxygens (including phenoxy) is 2. The number of allylic oxidation sites excluding steroid dienone is 1. The van der Waals surface area contributed by atoms with Crippen molar-refractivity contribution in [2.24, 2.45) is 0 Å². The summed E-state index contributed by atoms with van der Waals surface area (Å²) < 4.78 is 10.8.